The van der Waals surface area contributed by atoms with Crippen LogP contribution in [0.15, 0.2) is 83.8 Å². The van der Waals surface area contributed by atoms with Crippen LogP contribution in [0.25, 0.3) is 5.57 Å². The number of carbonyl (C=O) groups is 1. The summed E-state index contributed by atoms with van der Waals surface area (Å²) < 4.78 is 6.29. The number of ether oxygens (including phenoxy) is 1. The molecule has 0 heterocycles. The molecule has 0 fully saturated rings. The minimum atomic E-state index is -0.979. The Morgan fingerprint density at radius 3 is 2.38 bits per heavy atom. The average molecular weight is 516 g/mol. The maximum absolute atomic E-state index is 10.6. The molecule has 0 saturated carbocycles. The second-order valence-corrected chi connectivity index (χ2v) is 8.66. The third-order valence-electron chi connectivity index (χ3n) is 4.24. The van der Waals surface area contributed by atoms with Crippen molar-refractivity contribution in [3.05, 3.63) is 99.1 Å². The lowest BCUT2D eigenvalue weighted by Crippen LogP contribution is -2.09. The van der Waals surface area contributed by atoms with Crippen molar-refractivity contribution in [3.63, 3.8) is 0 Å². The molecule has 3 nitrogen and oxygen atoms in total. The van der Waals surface area contributed by atoms with Crippen LogP contribution < -0.4 is 4.74 Å². The van der Waals surface area contributed by atoms with Gasteiger partial charge in [0.2, 0.25) is 0 Å². The molecule has 0 aliphatic rings. The first kappa shape index (κ1) is 21.5. The zero-order valence-electron chi connectivity index (χ0n) is 16.0. The van der Waals surface area contributed by atoms with Gasteiger partial charge < -0.3 is 9.84 Å². The zero-order chi connectivity index (χ0) is 20.6. The fourth-order valence-electron chi connectivity index (χ4n) is 2.80. The molecular formula is C24H21IO3S. The monoisotopic (exact) mass is 516 g/mol. The molecule has 0 aromatic heterocycles. The van der Waals surface area contributed by atoms with Gasteiger partial charge in [-0.15, -0.1) is 11.8 Å². The first-order chi connectivity index (χ1) is 14.0. The van der Waals surface area contributed by atoms with Gasteiger partial charge in [-0.2, -0.15) is 0 Å². The Hall–Kier alpha value is -2.25. The topological polar surface area (TPSA) is 46.5 Å². The van der Waals surface area contributed by atoms with Crippen LogP contribution in [0.1, 0.15) is 16.7 Å². The fourth-order valence-corrected chi connectivity index (χ4v) is 4.55. The second kappa shape index (κ2) is 10.5. The SMILES string of the molecule is Cc1ccc(/C(=C\CSc2ccc(OCC(=O)O)cc2I)c2ccccc2)cc1. The van der Waals surface area contributed by atoms with E-state index in [0.29, 0.717) is 5.75 Å². The second-order valence-electron chi connectivity index (χ2n) is 6.44. The molecule has 0 spiro atoms. The number of carboxylic acids is 1. The van der Waals surface area contributed by atoms with E-state index >= 15 is 0 Å². The molecule has 29 heavy (non-hydrogen) atoms. The molecule has 1 N–H and O–H groups in total. The Balaban J connectivity index is 1.76. The molecule has 0 aliphatic heterocycles. The smallest absolute Gasteiger partial charge is 0.341 e. The Bertz CT molecular complexity index is 998. The summed E-state index contributed by atoms with van der Waals surface area (Å²) in [4.78, 5) is 11.8. The average Bonchev–Trinajstić information content (AvgIpc) is 2.72. The van der Waals surface area contributed by atoms with E-state index in [1.165, 1.54) is 22.3 Å². The van der Waals surface area contributed by atoms with Gasteiger partial charge >= 0.3 is 5.97 Å². The summed E-state index contributed by atoms with van der Waals surface area (Å²) in [6, 6.07) is 24.7. The first-order valence-corrected chi connectivity index (χ1v) is 11.2. The Morgan fingerprint density at radius 2 is 1.72 bits per heavy atom. The Kier molecular flexibility index (Phi) is 7.77. The zero-order valence-corrected chi connectivity index (χ0v) is 18.9. The Labute approximate surface area is 188 Å². The minimum Gasteiger partial charge on any atom is -0.482 e. The summed E-state index contributed by atoms with van der Waals surface area (Å²) in [5.41, 5.74) is 4.86. The lowest BCUT2D eigenvalue weighted by Gasteiger charge is -2.10. The third kappa shape index (κ3) is 6.37. The number of hydrogen-bond acceptors (Lipinski definition) is 3. The van der Waals surface area contributed by atoms with Gasteiger partial charge in [0.1, 0.15) is 5.75 Å². The summed E-state index contributed by atoms with van der Waals surface area (Å²) in [6.45, 7) is 1.76. The van der Waals surface area contributed by atoms with Crippen molar-refractivity contribution in [2.75, 3.05) is 12.4 Å². The van der Waals surface area contributed by atoms with E-state index in [-0.39, 0.29) is 6.61 Å². The van der Waals surface area contributed by atoms with Crippen molar-refractivity contribution in [3.8, 4) is 5.75 Å². The van der Waals surface area contributed by atoms with Crippen LogP contribution in [0.4, 0.5) is 0 Å². The van der Waals surface area contributed by atoms with E-state index in [2.05, 4.69) is 84.1 Å². The van der Waals surface area contributed by atoms with Gasteiger partial charge in [0.25, 0.3) is 0 Å². The van der Waals surface area contributed by atoms with Gasteiger partial charge in [0.05, 0.1) is 0 Å². The minimum absolute atomic E-state index is 0.331. The molecule has 0 unspecified atom stereocenters. The van der Waals surface area contributed by atoms with Crippen molar-refractivity contribution in [1.82, 2.24) is 0 Å². The molecule has 0 atom stereocenters. The lowest BCUT2D eigenvalue weighted by atomic mass is 9.97. The van der Waals surface area contributed by atoms with Crippen LogP contribution in [0.5, 0.6) is 5.75 Å². The van der Waals surface area contributed by atoms with E-state index in [1.54, 1.807) is 11.8 Å². The van der Waals surface area contributed by atoms with Gasteiger partial charge in [-0.3, -0.25) is 0 Å². The quantitative estimate of drug-likeness (QED) is 0.283. The van der Waals surface area contributed by atoms with E-state index in [1.807, 2.05) is 24.3 Å². The number of carboxylic acid groups (broad SMARTS) is 1. The normalized spacial score (nSPS) is 11.3. The van der Waals surface area contributed by atoms with Crippen LogP contribution in [-0.4, -0.2) is 23.4 Å². The molecule has 0 bridgehead atoms. The number of benzene rings is 3. The highest BCUT2D eigenvalue weighted by atomic mass is 127. The van der Waals surface area contributed by atoms with Crippen molar-refractivity contribution >= 4 is 45.9 Å². The predicted molar refractivity (Wildman–Crippen MR) is 128 cm³/mol. The highest BCUT2D eigenvalue weighted by Gasteiger charge is 2.07. The first-order valence-electron chi connectivity index (χ1n) is 9.12. The fraction of sp³-hybridized carbons (Fsp3) is 0.125. The largest absolute Gasteiger partial charge is 0.482 e. The highest BCUT2D eigenvalue weighted by Crippen LogP contribution is 2.30. The third-order valence-corrected chi connectivity index (χ3v) is 6.50. The van der Waals surface area contributed by atoms with Crippen LogP contribution in [0.3, 0.4) is 0 Å². The maximum atomic E-state index is 10.6. The maximum Gasteiger partial charge on any atom is 0.341 e. The van der Waals surface area contributed by atoms with Crippen LogP contribution in [0, 0.1) is 10.5 Å². The van der Waals surface area contributed by atoms with Crippen molar-refractivity contribution < 1.29 is 14.6 Å². The van der Waals surface area contributed by atoms with Gasteiger partial charge in [0, 0.05) is 14.2 Å². The molecule has 0 saturated heterocycles. The van der Waals surface area contributed by atoms with Gasteiger partial charge in [-0.05, 0) is 64.4 Å². The van der Waals surface area contributed by atoms with Crippen LogP contribution in [-0.2, 0) is 4.79 Å². The van der Waals surface area contributed by atoms with Crippen molar-refractivity contribution in [1.29, 1.82) is 0 Å². The molecule has 5 heteroatoms. The number of halogens is 1. The van der Waals surface area contributed by atoms with Crippen molar-refractivity contribution in [2.24, 2.45) is 0 Å². The molecule has 3 rings (SSSR count). The van der Waals surface area contributed by atoms with Gasteiger partial charge in [-0.25, -0.2) is 4.79 Å². The van der Waals surface area contributed by atoms with E-state index < -0.39 is 5.97 Å². The van der Waals surface area contributed by atoms with E-state index in [9.17, 15) is 4.79 Å². The van der Waals surface area contributed by atoms with E-state index in [4.69, 9.17) is 9.84 Å². The lowest BCUT2D eigenvalue weighted by molar-refractivity contribution is -0.139. The number of aliphatic carboxylic acids is 1. The summed E-state index contributed by atoms with van der Waals surface area (Å²) in [6.07, 6.45) is 2.26. The van der Waals surface area contributed by atoms with E-state index in [0.717, 1.165) is 14.2 Å². The number of thioether (sulfide) groups is 1. The molecule has 0 radical (unpaired) electrons. The molecular weight excluding hydrogens is 495 g/mol. The summed E-state index contributed by atoms with van der Waals surface area (Å²) in [5.74, 6) is 0.415. The Morgan fingerprint density at radius 1 is 1.03 bits per heavy atom. The summed E-state index contributed by atoms with van der Waals surface area (Å²) >= 11 is 4.00. The highest BCUT2D eigenvalue weighted by molar-refractivity contribution is 14.1. The van der Waals surface area contributed by atoms with Crippen LogP contribution >= 0.6 is 34.4 Å². The van der Waals surface area contributed by atoms with Gasteiger partial charge in [-0.1, -0.05) is 66.2 Å². The molecule has 0 amide bonds. The summed E-state index contributed by atoms with van der Waals surface area (Å²) in [5, 5.41) is 8.73. The molecule has 3 aromatic rings. The molecule has 3 aromatic carbocycles. The number of aryl methyl sites for hydroxylation is 1. The summed E-state index contributed by atoms with van der Waals surface area (Å²) in [7, 11) is 0. The predicted octanol–water partition coefficient (Wildman–Crippen LogP) is 6.29. The van der Waals surface area contributed by atoms with Gasteiger partial charge in [0.15, 0.2) is 6.61 Å². The standard InChI is InChI=1S/C24H21IO3S/c1-17-7-9-19(10-8-17)21(18-5-3-2-4-6-18)13-14-29-23-12-11-20(15-22(23)25)28-16-24(26)27/h2-13,15H,14,16H2,1H3,(H,26,27)/b21-13-. The van der Waals surface area contributed by atoms with Crippen LogP contribution in [0.2, 0.25) is 0 Å². The van der Waals surface area contributed by atoms with Crippen molar-refractivity contribution in [2.45, 2.75) is 11.8 Å². The molecule has 148 valence electrons. The number of rotatable bonds is 8. The molecule has 0 aliphatic carbocycles. The number of hydrogen-bond donors (Lipinski definition) is 1.